The molecular weight excluding hydrogens is 263 g/mol. The second-order valence-corrected chi connectivity index (χ2v) is 4.45. The molecule has 1 atom stereocenters. The van der Waals surface area contributed by atoms with Crippen molar-refractivity contribution in [3.8, 4) is 5.69 Å². The predicted molar refractivity (Wildman–Crippen MR) is 66.8 cm³/mol. The molecule has 7 heteroatoms. The van der Waals surface area contributed by atoms with E-state index in [0.717, 1.165) is 0 Å². The molecule has 0 aliphatic heterocycles. The van der Waals surface area contributed by atoms with Crippen LogP contribution >= 0.6 is 23.2 Å². The maximum Gasteiger partial charge on any atom is 0.348 e. The van der Waals surface area contributed by atoms with Crippen molar-refractivity contribution in [2.24, 2.45) is 5.73 Å². The van der Waals surface area contributed by atoms with Crippen LogP contribution in [0.1, 0.15) is 18.8 Å². The van der Waals surface area contributed by atoms with Crippen LogP contribution in [-0.2, 0) is 0 Å². The molecule has 0 radical (unpaired) electrons. The van der Waals surface area contributed by atoms with Gasteiger partial charge in [-0.2, -0.15) is 5.10 Å². The van der Waals surface area contributed by atoms with Crippen LogP contribution in [-0.4, -0.2) is 14.8 Å². The van der Waals surface area contributed by atoms with Gasteiger partial charge in [-0.25, -0.2) is 14.5 Å². The van der Waals surface area contributed by atoms with Crippen molar-refractivity contribution in [3.63, 3.8) is 0 Å². The van der Waals surface area contributed by atoms with Gasteiger partial charge in [-0.15, -0.1) is 0 Å². The zero-order valence-electron chi connectivity index (χ0n) is 8.95. The number of H-pyrrole nitrogens is 1. The average Bonchev–Trinajstić information content (AvgIpc) is 2.64. The van der Waals surface area contributed by atoms with E-state index in [1.54, 1.807) is 25.1 Å². The molecule has 1 heterocycles. The fourth-order valence-corrected chi connectivity index (χ4v) is 1.87. The van der Waals surface area contributed by atoms with Crippen molar-refractivity contribution in [3.05, 3.63) is 44.6 Å². The second kappa shape index (κ2) is 4.52. The van der Waals surface area contributed by atoms with Crippen LogP contribution in [0.2, 0.25) is 10.0 Å². The zero-order chi connectivity index (χ0) is 12.6. The van der Waals surface area contributed by atoms with Gasteiger partial charge in [0.25, 0.3) is 0 Å². The Balaban J connectivity index is 2.72. The van der Waals surface area contributed by atoms with Gasteiger partial charge < -0.3 is 5.73 Å². The van der Waals surface area contributed by atoms with Gasteiger partial charge in [0, 0.05) is 5.02 Å². The molecule has 0 aliphatic carbocycles. The van der Waals surface area contributed by atoms with Crippen molar-refractivity contribution >= 4 is 23.2 Å². The first kappa shape index (κ1) is 12.2. The molecule has 5 nitrogen and oxygen atoms in total. The smallest absolute Gasteiger partial charge is 0.322 e. The fourth-order valence-electron chi connectivity index (χ4n) is 1.50. The summed E-state index contributed by atoms with van der Waals surface area (Å²) < 4.78 is 1.32. The number of nitrogens with one attached hydrogen (secondary N) is 1. The van der Waals surface area contributed by atoms with Gasteiger partial charge in [0.2, 0.25) is 0 Å². The van der Waals surface area contributed by atoms with E-state index in [1.807, 2.05) is 0 Å². The summed E-state index contributed by atoms with van der Waals surface area (Å²) in [5.74, 6) is 0.402. The Hall–Kier alpha value is -1.30. The molecule has 0 spiro atoms. The van der Waals surface area contributed by atoms with E-state index in [0.29, 0.717) is 21.6 Å². The molecule has 17 heavy (non-hydrogen) atoms. The highest BCUT2D eigenvalue weighted by molar-refractivity contribution is 6.34. The summed E-state index contributed by atoms with van der Waals surface area (Å²) in [5, 5.41) is 7.08. The molecule has 2 aromatic rings. The van der Waals surface area contributed by atoms with Crippen molar-refractivity contribution in [2.45, 2.75) is 13.0 Å². The Kier molecular flexibility index (Phi) is 3.24. The van der Waals surface area contributed by atoms with E-state index in [-0.39, 0.29) is 0 Å². The Bertz CT molecular complexity index is 603. The number of benzene rings is 1. The first-order chi connectivity index (χ1) is 8.00. The van der Waals surface area contributed by atoms with Crippen LogP contribution in [0.15, 0.2) is 23.0 Å². The third kappa shape index (κ3) is 2.22. The van der Waals surface area contributed by atoms with Gasteiger partial charge in [-0.3, -0.25) is 0 Å². The number of rotatable bonds is 2. The van der Waals surface area contributed by atoms with Crippen LogP contribution in [0, 0.1) is 0 Å². The molecule has 0 saturated carbocycles. The largest absolute Gasteiger partial charge is 0.348 e. The molecule has 0 saturated heterocycles. The number of hydrogen-bond donors (Lipinski definition) is 2. The van der Waals surface area contributed by atoms with Gasteiger partial charge in [-0.05, 0) is 25.1 Å². The monoisotopic (exact) mass is 272 g/mol. The first-order valence-corrected chi connectivity index (χ1v) is 5.64. The highest BCUT2D eigenvalue weighted by atomic mass is 35.5. The third-order valence-corrected chi connectivity index (χ3v) is 2.81. The van der Waals surface area contributed by atoms with E-state index in [2.05, 4.69) is 10.2 Å². The molecule has 0 fully saturated rings. The second-order valence-electron chi connectivity index (χ2n) is 3.61. The molecule has 0 bridgehead atoms. The number of aromatic nitrogens is 3. The summed E-state index contributed by atoms with van der Waals surface area (Å²) in [6.45, 7) is 1.73. The van der Waals surface area contributed by atoms with E-state index in [4.69, 9.17) is 28.9 Å². The lowest BCUT2D eigenvalue weighted by Crippen LogP contribution is -2.20. The van der Waals surface area contributed by atoms with Gasteiger partial charge in [0.05, 0.1) is 16.8 Å². The van der Waals surface area contributed by atoms with Crippen molar-refractivity contribution in [1.82, 2.24) is 14.8 Å². The maximum absolute atomic E-state index is 11.7. The standard InChI is InChI=1S/C10H10Cl2N4O/c1-5(13)9-14-15-10(17)16(9)8-4-6(11)2-3-7(8)12/h2-5H,13H2,1H3,(H,15,17). The molecule has 90 valence electrons. The average molecular weight is 273 g/mol. The topological polar surface area (TPSA) is 76.7 Å². The minimum absolute atomic E-state index is 0.399. The summed E-state index contributed by atoms with van der Waals surface area (Å²) in [7, 11) is 0. The lowest BCUT2D eigenvalue weighted by molar-refractivity contribution is 0.712. The molecule has 1 aromatic heterocycles. The summed E-state index contributed by atoms with van der Waals surface area (Å²) in [5.41, 5.74) is 5.80. The number of nitrogens with zero attached hydrogens (tertiary/aromatic N) is 2. The molecule has 1 aromatic carbocycles. The van der Waals surface area contributed by atoms with E-state index in [1.165, 1.54) is 4.57 Å². The Morgan fingerprint density at radius 3 is 2.82 bits per heavy atom. The third-order valence-electron chi connectivity index (χ3n) is 2.25. The predicted octanol–water partition coefficient (Wildman–Crippen LogP) is 1.89. The Morgan fingerprint density at radius 1 is 1.47 bits per heavy atom. The van der Waals surface area contributed by atoms with E-state index < -0.39 is 11.7 Å². The van der Waals surface area contributed by atoms with Crippen LogP contribution in [0.25, 0.3) is 5.69 Å². The van der Waals surface area contributed by atoms with Crippen LogP contribution in [0.4, 0.5) is 0 Å². The maximum atomic E-state index is 11.7. The van der Waals surface area contributed by atoms with Gasteiger partial charge in [0.1, 0.15) is 0 Å². The lowest BCUT2D eigenvalue weighted by Gasteiger charge is -2.09. The normalized spacial score (nSPS) is 12.7. The van der Waals surface area contributed by atoms with Gasteiger partial charge in [-0.1, -0.05) is 23.2 Å². The summed E-state index contributed by atoms with van der Waals surface area (Å²) >= 11 is 11.9. The van der Waals surface area contributed by atoms with E-state index in [9.17, 15) is 4.79 Å². The molecule has 0 amide bonds. The van der Waals surface area contributed by atoms with Crippen LogP contribution in [0.5, 0.6) is 0 Å². The lowest BCUT2D eigenvalue weighted by atomic mass is 10.3. The van der Waals surface area contributed by atoms with Crippen molar-refractivity contribution in [1.29, 1.82) is 0 Å². The molecule has 3 N–H and O–H groups in total. The quantitative estimate of drug-likeness (QED) is 0.877. The van der Waals surface area contributed by atoms with E-state index >= 15 is 0 Å². The summed E-state index contributed by atoms with van der Waals surface area (Å²) in [6, 6.07) is 4.45. The Labute approximate surface area is 107 Å². The minimum Gasteiger partial charge on any atom is -0.322 e. The van der Waals surface area contributed by atoms with Gasteiger partial charge >= 0.3 is 5.69 Å². The number of nitrogens with two attached hydrogens (primary N) is 1. The summed E-state index contributed by atoms with van der Waals surface area (Å²) in [6.07, 6.45) is 0. The number of hydrogen-bond acceptors (Lipinski definition) is 3. The highest BCUT2D eigenvalue weighted by Gasteiger charge is 2.16. The molecule has 1 unspecified atom stereocenters. The van der Waals surface area contributed by atoms with Crippen molar-refractivity contribution < 1.29 is 0 Å². The molecule has 0 aliphatic rings. The summed E-state index contributed by atoms with van der Waals surface area (Å²) in [4.78, 5) is 11.7. The molecule has 2 rings (SSSR count). The van der Waals surface area contributed by atoms with Crippen LogP contribution in [0.3, 0.4) is 0 Å². The number of halogens is 2. The van der Waals surface area contributed by atoms with Crippen molar-refractivity contribution in [2.75, 3.05) is 0 Å². The zero-order valence-corrected chi connectivity index (χ0v) is 10.5. The number of aromatic amines is 1. The Morgan fingerprint density at radius 2 is 2.18 bits per heavy atom. The first-order valence-electron chi connectivity index (χ1n) is 4.89. The highest BCUT2D eigenvalue weighted by Crippen LogP contribution is 2.24. The molecular formula is C10H10Cl2N4O. The minimum atomic E-state index is -0.401. The fraction of sp³-hybridized carbons (Fsp3) is 0.200. The SMILES string of the molecule is CC(N)c1n[nH]c(=O)n1-c1cc(Cl)ccc1Cl. The van der Waals surface area contributed by atoms with Gasteiger partial charge in [0.15, 0.2) is 5.82 Å². The van der Waals surface area contributed by atoms with Crippen LogP contribution < -0.4 is 11.4 Å².